The van der Waals surface area contributed by atoms with E-state index in [2.05, 4.69) is 4.74 Å². The molecule has 2 N–H and O–H groups in total. The molecule has 0 aromatic carbocycles. The summed E-state index contributed by atoms with van der Waals surface area (Å²) in [6.45, 7) is 4.63. The summed E-state index contributed by atoms with van der Waals surface area (Å²) in [4.78, 5) is 23.5. The third-order valence-corrected chi connectivity index (χ3v) is 2.08. The zero-order chi connectivity index (χ0) is 11.1. The van der Waals surface area contributed by atoms with Crippen LogP contribution < -0.4 is 5.73 Å². The Labute approximate surface area is 84.2 Å². The molecule has 1 unspecified atom stereocenters. The summed E-state index contributed by atoms with van der Waals surface area (Å²) in [6, 6.07) is -0.0278. The van der Waals surface area contributed by atoms with Gasteiger partial charge in [0.2, 0.25) is 5.91 Å². The van der Waals surface area contributed by atoms with E-state index in [1.165, 1.54) is 7.11 Å². The maximum Gasteiger partial charge on any atom is 0.307 e. The number of carbonyl (C=O) groups excluding carboxylic acids is 2. The third-order valence-electron chi connectivity index (χ3n) is 2.08. The molecule has 0 saturated carbocycles. The van der Waals surface area contributed by atoms with Crippen LogP contribution in [-0.4, -0.2) is 43.0 Å². The van der Waals surface area contributed by atoms with Crippen LogP contribution in [0.25, 0.3) is 0 Å². The van der Waals surface area contributed by atoms with Gasteiger partial charge in [-0.3, -0.25) is 14.5 Å². The Morgan fingerprint density at radius 2 is 2.07 bits per heavy atom. The molecule has 1 atom stereocenters. The molecule has 0 aliphatic rings. The highest BCUT2D eigenvalue weighted by atomic mass is 16.5. The van der Waals surface area contributed by atoms with Crippen LogP contribution in [0.15, 0.2) is 0 Å². The molecule has 0 rings (SSSR count). The van der Waals surface area contributed by atoms with Gasteiger partial charge in [-0.1, -0.05) is 6.92 Å². The van der Waals surface area contributed by atoms with Gasteiger partial charge in [-0.15, -0.1) is 0 Å². The number of esters is 1. The second kappa shape index (κ2) is 6.37. The van der Waals surface area contributed by atoms with Crippen LogP contribution in [0, 0.1) is 0 Å². The number of ether oxygens (including phenoxy) is 1. The Morgan fingerprint density at radius 3 is 2.43 bits per heavy atom. The highest BCUT2D eigenvalue weighted by molar-refractivity contribution is 5.76. The predicted octanol–water partition coefficient (Wildman–Crippen LogP) is -0.255. The van der Waals surface area contributed by atoms with Crippen LogP contribution >= 0.6 is 0 Å². The zero-order valence-electron chi connectivity index (χ0n) is 8.95. The van der Waals surface area contributed by atoms with Gasteiger partial charge >= 0.3 is 5.97 Å². The lowest BCUT2D eigenvalue weighted by Gasteiger charge is -2.25. The Balaban J connectivity index is 4.09. The fraction of sp³-hybridized carbons (Fsp3) is 0.778. The van der Waals surface area contributed by atoms with E-state index >= 15 is 0 Å². The molecule has 82 valence electrons. The van der Waals surface area contributed by atoms with Crippen molar-refractivity contribution in [3.05, 3.63) is 0 Å². The number of likely N-dealkylation sites (N-methyl/N-ethyl adjacent to an activating group) is 1. The van der Waals surface area contributed by atoms with Gasteiger partial charge in [0.25, 0.3) is 0 Å². The molecule has 0 fully saturated rings. The predicted molar refractivity (Wildman–Crippen MR) is 52.5 cm³/mol. The van der Waals surface area contributed by atoms with Crippen molar-refractivity contribution in [2.24, 2.45) is 5.73 Å². The number of rotatable bonds is 6. The Morgan fingerprint density at radius 1 is 1.50 bits per heavy atom. The van der Waals surface area contributed by atoms with Crippen LogP contribution in [0.2, 0.25) is 0 Å². The molecule has 0 aromatic heterocycles. The van der Waals surface area contributed by atoms with Gasteiger partial charge in [-0.05, 0) is 13.5 Å². The van der Waals surface area contributed by atoms with E-state index in [9.17, 15) is 9.59 Å². The smallest absolute Gasteiger partial charge is 0.307 e. The number of methoxy groups -OCH3 is 1. The molecule has 0 aromatic rings. The topological polar surface area (TPSA) is 72.6 Å². The minimum atomic E-state index is -0.386. The van der Waals surface area contributed by atoms with E-state index in [4.69, 9.17) is 5.73 Å². The van der Waals surface area contributed by atoms with E-state index in [-0.39, 0.29) is 30.9 Å². The summed E-state index contributed by atoms with van der Waals surface area (Å²) >= 11 is 0. The number of carbonyl (C=O) groups is 2. The van der Waals surface area contributed by atoms with Gasteiger partial charge in [-0.2, -0.15) is 0 Å². The normalized spacial score (nSPS) is 12.6. The lowest BCUT2D eigenvalue weighted by atomic mass is 10.2. The highest BCUT2D eigenvalue weighted by Crippen LogP contribution is 2.03. The van der Waals surface area contributed by atoms with Crippen molar-refractivity contribution in [3.63, 3.8) is 0 Å². The lowest BCUT2D eigenvalue weighted by Crippen LogP contribution is -2.40. The molecule has 1 amide bonds. The maximum atomic E-state index is 11.0. The summed E-state index contributed by atoms with van der Waals surface area (Å²) in [5.74, 6) is -0.663. The first kappa shape index (κ1) is 12.9. The van der Waals surface area contributed by atoms with Gasteiger partial charge in [0.05, 0.1) is 20.1 Å². The molecule has 5 nitrogen and oxygen atoms in total. The number of hydrogen-bond donors (Lipinski definition) is 1. The first-order valence-corrected chi connectivity index (χ1v) is 4.60. The van der Waals surface area contributed by atoms with Crippen molar-refractivity contribution in [2.75, 3.05) is 20.2 Å². The van der Waals surface area contributed by atoms with Crippen LogP contribution in [0.3, 0.4) is 0 Å². The first-order chi connectivity index (χ1) is 6.51. The third kappa shape index (κ3) is 4.81. The SMILES string of the molecule is CCN(CC(N)=O)C(C)CC(=O)OC. The minimum Gasteiger partial charge on any atom is -0.469 e. The molecule has 5 heteroatoms. The molecule has 0 spiro atoms. The maximum absolute atomic E-state index is 11.0. The summed E-state index contributed by atoms with van der Waals surface area (Å²) in [6.07, 6.45) is 0.275. The van der Waals surface area contributed by atoms with Crippen molar-refractivity contribution in [1.82, 2.24) is 4.90 Å². The largest absolute Gasteiger partial charge is 0.469 e. The van der Waals surface area contributed by atoms with Crippen LogP contribution in [0.5, 0.6) is 0 Å². The van der Waals surface area contributed by atoms with Gasteiger partial charge < -0.3 is 10.5 Å². The number of primary amides is 1. The molecular formula is C9H18N2O3. The summed E-state index contributed by atoms with van der Waals surface area (Å²) in [5.41, 5.74) is 5.07. The van der Waals surface area contributed by atoms with E-state index < -0.39 is 0 Å². The number of nitrogens with zero attached hydrogens (tertiary/aromatic N) is 1. The zero-order valence-corrected chi connectivity index (χ0v) is 8.95. The van der Waals surface area contributed by atoms with Crippen molar-refractivity contribution < 1.29 is 14.3 Å². The average molecular weight is 202 g/mol. The molecule has 0 bridgehead atoms. The Kier molecular flexibility index (Phi) is 5.87. The van der Waals surface area contributed by atoms with Crippen LogP contribution in [0.1, 0.15) is 20.3 Å². The fourth-order valence-electron chi connectivity index (χ4n) is 1.23. The molecule has 14 heavy (non-hydrogen) atoms. The van der Waals surface area contributed by atoms with Crippen molar-refractivity contribution >= 4 is 11.9 Å². The number of hydrogen-bond acceptors (Lipinski definition) is 4. The molecule has 0 aliphatic carbocycles. The van der Waals surface area contributed by atoms with E-state index in [0.29, 0.717) is 6.54 Å². The highest BCUT2D eigenvalue weighted by Gasteiger charge is 2.17. The average Bonchev–Trinajstić information content (AvgIpc) is 2.13. The van der Waals surface area contributed by atoms with Crippen molar-refractivity contribution in [1.29, 1.82) is 0 Å². The molecular weight excluding hydrogens is 184 g/mol. The first-order valence-electron chi connectivity index (χ1n) is 4.60. The monoisotopic (exact) mass is 202 g/mol. The molecule has 0 radical (unpaired) electrons. The Bertz CT molecular complexity index is 206. The standard InChI is InChI=1S/C9H18N2O3/c1-4-11(6-8(10)12)7(2)5-9(13)14-3/h7H,4-6H2,1-3H3,(H2,10,12). The van der Waals surface area contributed by atoms with E-state index in [0.717, 1.165) is 0 Å². The van der Waals surface area contributed by atoms with Gasteiger partial charge in [-0.25, -0.2) is 0 Å². The molecule has 0 heterocycles. The Hall–Kier alpha value is -1.10. The fourth-order valence-corrected chi connectivity index (χ4v) is 1.23. The second-order valence-corrected chi connectivity index (χ2v) is 3.16. The quantitative estimate of drug-likeness (QED) is 0.602. The van der Waals surface area contributed by atoms with Gasteiger partial charge in [0.1, 0.15) is 0 Å². The molecule has 0 aliphatic heterocycles. The van der Waals surface area contributed by atoms with E-state index in [1.807, 2.05) is 18.7 Å². The summed E-state index contributed by atoms with van der Waals surface area (Å²) < 4.78 is 4.54. The summed E-state index contributed by atoms with van der Waals surface area (Å²) in [5, 5.41) is 0. The minimum absolute atomic E-state index is 0.0278. The summed E-state index contributed by atoms with van der Waals surface area (Å²) in [7, 11) is 1.35. The van der Waals surface area contributed by atoms with Crippen LogP contribution in [0.4, 0.5) is 0 Å². The van der Waals surface area contributed by atoms with E-state index in [1.54, 1.807) is 0 Å². The van der Waals surface area contributed by atoms with Gasteiger partial charge in [0.15, 0.2) is 0 Å². The molecule has 0 saturated heterocycles. The number of amides is 1. The second-order valence-electron chi connectivity index (χ2n) is 3.16. The van der Waals surface area contributed by atoms with Crippen LogP contribution in [-0.2, 0) is 14.3 Å². The van der Waals surface area contributed by atoms with Gasteiger partial charge in [0, 0.05) is 6.04 Å². The van der Waals surface area contributed by atoms with Crippen molar-refractivity contribution in [2.45, 2.75) is 26.3 Å². The number of nitrogens with two attached hydrogens (primary N) is 1. The lowest BCUT2D eigenvalue weighted by molar-refractivity contribution is -0.142. The van der Waals surface area contributed by atoms with Crippen molar-refractivity contribution in [3.8, 4) is 0 Å².